The Bertz CT molecular complexity index is 542. The third-order valence-corrected chi connectivity index (χ3v) is 4.22. The molecule has 0 aliphatic heterocycles. The van der Waals surface area contributed by atoms with E-state index in [0.29, 0.717) is 26.1 Å². The van der Waals surface area contributed by atoms with E-state index in [1.807, 2.05) is 30.3 Å². The van der Waals surface area contributed by atoms with Gasteiger partial charge in [-0.25, -0.2) is 0 Å². The molecule has 6 heteroatoms. The van der Waals surface area contributed by atoms with Gasteiger partial charge in [0.2, 0.25) is 0 Å². The van der Waals surface area contributed by atoms with Crippen molar-refractivity contribution in [1.82, 2.24) is 0 Å². The number of hydrogen-bond donors (Lipinski definition) is 1. The van der Waals surface area contributed by atoms with Crippen LogP contribution < -0.4 is 0 Å². The third kappa shape index (κ3) is 8.44. The molecule has 138 valence electrons. The standard InChI is InChI=1S/C19H26O6/c1-24-18(23)9-12-19(15-20,11-8-17(21)22)10-5-13-25-14-16-6-3-2-4-7-16/h2-4,6-7,15H,5,8-14H2,1H3,(H,21,22)/t19-/m0/s1. The van der Waals surface area contributed by atoms with Crippen molar-refractivity contribution in [2.75, 3.05) is 13.7 Å². The highest BCUT2D eigenvalue weighted by Gasteiger charge is 2.30. The van der Waals surface area contributed by atoms with Gasteiger partial charge in [-0.1, -0.05) is 30.3 Å². The number of esters is 1. The molecule has 0 unspecified atom stereocenters. The van der Waals surface area contributed by atoms with Crippen LogP contribution in [-0.2, 0) is 30.5 Å². The molecule has 0 fully saturated rings. The predicted octanol–water partition coefficient (Wildman–Crippen LogP) is 2.99. The van der Waals surface area contributed by atoms with Crippen LogP contribution in [0.5, 0.6) is 0 Å². The number of aliphatic carboxylic acids is 1. The molecule has 1 rings (SSSR count). The van der Waals surface area contributed by atoms with Crippen LogP contribution in [0.4, 0.5) is 0 Å². The summed E-state index contributed by atoms with van der Waals surface area (Å²) in [6.07, 6.45) is 2.37. The summed E-state index contributed by atoms with van der Waals surface area (Å²) in [5, 5.41) is 8.90. The third-order valence-electron chi connectivity index (χ3n) is 4.22. The molecule has 1 N–H and O–H groups in total. The van der Waals surface area contributed by atoms with Gasteiger partial charge in [0, 0.05) is 24.9 Å². The maximum atomic E-state index is 11.6. The fraction of sp³-hybridized carbons (Fsp3) is 0.526. The first kappa shape index (κ1) is 20.8. The first-order valence-electron chi connectivity index (χ1n) is 8.38. The second-order valence-electron chi connectivity index (χ2n) is 6.09. The van der Waals surface area contributed by atoms with Gasteiger partial charge in [0.25, 0.3) is 0 Å². The van der Waals surface area contributed by atoms with Crippen molar-refractivity contribution in [3.05, 3.63) is 35.9 Å². The van der Waals surface area contributed by atoms with Crippen molar-refractivity contribution < 1.29 is 29.0 Å². The van der Waals surface area contributed by atoms with E-state index in [-0.39, 0.29) is 25.7 Å². The zero-order valence-electron chi connectivity index (χ0n) is 14.6. The highest BCUT2D eigenvalue weighted by molar-refractivity contribution is 5.71. The van der Waals surface area contributed by atoms with Crippen LogP contribution in [0, 0.1) is 5.41 Å². The Morgan fingerprint density at radius 1 is 1.12 bits per heavy atom. The normalized spacial score (nSPS) is 13.0. The van der Waals surface area contributed by atoms with Crippen molar-refractivity contribution >= 4 is 18.2 Å². The average Bonchev–Trinajstić information content (AvgIpc) is 2.63. The molecular formula is C19H26O6. The minimum Gasteiger partial charge on any atom is -0.481 e. The second kappa shape index (κ2) is 11.4. The maximum absolute atomic E-state index is 11.6. The van der Waals surface area contributed by atoms with Gasteiger partial charge in [0.05, 0.1) is 13.7 Å². The number of carboxylic acids is 1. The summed E-state index contributed by atoms with van der Waals surface area (Å²) in [6, 6.07) is 9.76. The summed E-state index contributed by atoms with van der Waals surface area (Å²) >= 11 is 0. The van der Waals surface area contributed by atoms with Crippen molar-refractivity contribution in [3.63, 3.8) is 0 Å². The second-order valence-corrected chi connectivity index (χ2v) is 6.09. The molecule has 1 aromatic rings. The van der Waals surface area contributed by atoms with Gasteiger partial charge in [-0.3, -0.25) is 9.59 Å². The molecule has 1 aromatic carbocycles. The zero-order valence-corrected chi connectivity index (χ0v) is 14.6. The quantitative estimate of drug-likeness (QED) is 0.334. The van der Waals surface area contributed by atoms with E-state index in [1.54, 1.807) is 0 Å². The van der Waals surface area contributed by atoms with Crippen molar-refractivity contribution in [2.24, 2.45) is 5.41 Å². The Hall–Kier alpha value is -2.21. The number of ether oxygens (including phenoxy) is 2. The first-order valence-corrected chi connectivity index (χ1v) is 8.38. The Labute approximate surface area is 148 Å². The van der Waals surface area contributed by atoms with Crippen LogP contribution in [0.25, 0.3) is 0 Å². The van der Waals surface area contributed by atoms with Crippen LogP contribution in [-0.4, -0.2) is 37.0 Å². The highest BCUT2D eigenvalue weighted by Crippen LogP contribution is 2.33. The lowest BCUT2D eigenvalue weighted by Gasteiger charge is -2.27. The SMILES string of the molecule is COC(=O)CC[C@](C=O)(CCCOCc1ccccc1)CCC(=O)O. The Balaban J connectivity index is 2.48. The number of rotatable bonds is 13. The molecule has 1 atom stereocenters. The highest BCUT2D eigenvalue weighted by atomic mass is 16.5. The molecule has 0 spiro atoms. The van der Waals surface area contributed by atoms with Gasteiger partial charge < -0.3 is 19.4 Å². The largest absolute Gasteiger partial charge is 0.481 e. The molecule has 0 saturated heterocycles. The van der Waals surface area contributed by atoms with E-state index in [2.05, 4.69) is 4.74 Å². The lowest BCUT2D eigenvalue weighted by atomic mass is 9.76. The van der Waals surface area contributed by atoms with Crippen LogP contribution in [0.1, 0.15) is 44.1 Å². The minimum absolute atomic E-state index is 0.0970. The fourth-order valence-electron chi connectivity index (χ4n) is 2.65. The van der Waals surface area contributed by atoms with Gasteiger partial charge in [0.1, 0.15) is 6.29 Å². The summed E-state index contributed by atoms with van der Waals surface area (Å²) in [5.74, 6) is -1.36. The Kier molecular flexibility index (Phi) is 9.47. The Morgan fingerprint density at radius 2 is 1.80 bits per heavy atom. The van der Waals surface area contributed by atoms with Crippen LogP contribution >= 0.6 is 0 Å². The van der Waals surface area contributed by atoms with Gasteiger partial charge in [-0.05, 0) is 31.2 Å². The summed E-state index contributed by atoms with van der Waals surface area (Å²) in [7, 11) is 1.29. The van der Waals surface area contributed by atoms with Crippen LogP contribution in [0.15, 0.2) is 30.3 Å². The van der Waals surface area contributed by atoms with Gasteiger partial charge in [0.15, 0.2) is 0 Å². The average molecular weight is 350 g/mol. The number of aldehydes is 1. The van der Waals surface area contributed by atoms with Gasteiger partial charge in [-0.2, -0.15) is 0 Å². The van der Waals surface area contributed by atoms with E-state index in [0.717, 1.165) is 11.8 Å². The number of carbonyl (C=O) groups excluding carboxylic acids is 2. The number of methoxy groups -OCH3 is 1. The smallest absolute Gasteiger partial charge is 0.305 e. The van der Waals surface area contributed by atoms with E-state index >= 15 is 0 Å². The first-order chi connectivity index (χ1) is 12.0. The molecule has 0 amide bonds. The Morgan fingerprint density at radius 3 is 2.40 bits per heavy atom. The van der Waals surface area contributed by atoms with E-state index in [1.165, 1.54) is 7.11 Å². The molecular weight excluding hydrogens is 324 g/mol. The maximum Gasteiger partial charge on any atom is 0.305 e. The lowest BCUT2D eigenvalue weighted by molar-refractivity contribution is -0.141. The molecule has 0 heterocycles. The molecule has 0 aliphatic carbocycles. The van der Waals surface area contributed by atoms with Gasteiger partial charge in [-0.15, -0.1) is 0 Å². The predicted molar refractivity (Wildman–Crippen MR) is 91.9 cm³/mol. The summed E-state index contributed by atoms with van der Waals surface area (Å²) in [5.41, 5.74) is 0.239. The van der Waals surface area contributed by atoms with E-state index < -0.39 is 17.4 Å². The molecule has 6 nitrogen and oxygen atoms in total. The van der Waals surface area contributed by atoms with E-state index in [9.17, 15) is 14.4 Å². The number of benzene rings is 1. The zero-order chi connectivity index (χ0) is 18.5. The van der Waals surface area contributed by atoms with Crippen molar-refractivity contribution in [2.45, 2.75) is 45.1 Å². The lowest BCUT2D eigenvalue weighted by Crippen LogP contribution is -2.26. The van der Waals surface area contributed by atoms with Gasteiger partial charge >= 0.3 is 11.9 Å². The van der Waals surface area contributed by atoms with Crippen LogP contribution in [0.3, 0.4) is 0 Å². The molecule has 0 bridgehead atoms. The topological polar surface area (TPSA) is 89.9 Å². The monoisotopic (exact) mass is 350 g/mol. The number of hydrogen-bond acceptors (Lipinski definition) is 5. The van der Waals surface area contributed by atoms with Crippen LogP contribution in [0.2, 0.25) is 0 Å². The molecule has 0 radical (unpaired) electrons. The number of carboxylic acid groups (broad SMARTS) is 1. The molecule has 0 saturated carbocycles. The molecule has 25 heavy (non-hydrogen) atoms. The van der Waals surface area contributed by atoms with Crippen molar-refractivity contribution in [1.29, 1.82) is 0 Å². The summed E-state index contributed by atoms with van der Waals surface area (Å²) < 4.78 is 10.2. The summed E-state index contributed by atoms with van der Waals surface area (Å²) in [4.78, 5) is 33.9. The molecule has 0 aliphatic rings. The van der Waals surface area contributed by atoms with E-state index in [4.69, 9.17) is 9.84 Å². The molecule has 0 aromatic heterocycles. The van der Waals surface area contributed by atoms with Crippen molar-refractivity contribution in [3.8, 4) is 0 Å². The summed E-state index contributed by atoms with van der Waals surface area (Å²) in [6.45, 7) is 0.960. The minimum atomic E-state index is -0.954. The number of carbonyl (C=O) groups is 3. The fourth-order valence-corrected chi connectivity index (χ4v) is 2.65.